The molecule has 0 bridgehead atoms. The van der Waals surface area contributed by atoms with Crippen LogP contribution in [-0.4, -0.2) is 24.0 Å². The summed E-state index contributed by atoms with van der Waals surface area (Å²) in [6.45, 7) is 6.36. The minimum Gasteiger partial charge on any atom is -0.330 e. The van der Waals surface area contributed by atoms with Gasteiger partial charge in [0.1, 0.15) is 0 Å². The highest BCUT2D eigenvalue weighted by Crippen LogP contribution is 2.36. The van der Waals surface area contributed by atoms with Crippen molar-refractivity contribution in [3.8, 4) is 6.07 Å². The fourth-order valence-corrected chi connectivity index (χ4v) is 3.15. The van der Waals surface area contributed by atoms with Gasteiger partial charge in [-0.15, -0.1) is 0 Å². The molecule has 2 unspecified atom stereocenters. The largest absolute Gasteiger partial charge is 0.330 e. The Kier molecular flexibility index (Phi) is 4.57. The summed E-state index contributed by atoms with van der Waals surface area (Å²) in [7, 11) is 0. The lowest BCUT2D eigenvalue weighted by Gasteiger charge is -2.43. The van der Waals surface area contributed by atoms with Gasteiger partial charge in [-0.2, -0.15) is 5.26 Å². The standard InChI is InChI=1S/C16H23N3/c1-12(2)19-9-3-4-15(11-18)16(19)14-7-5-13(10-17)6-8-14/h5-8,12,15-16H,3-4,9,11,18H2,1-2H3. The molecule has 2 N–H and O–H groups in total. The van der Waals surface area contributed by atoms with Crippen LogP contribution in [0.3, 0.4) is 0 Å². The third-order valence-electron chi connectivity index (χ3n) is 4.14. The van der Waals surface area contributed by atoms with Crippen LogP contribution in [0.25, 0.3) is 0 Å². The van der Waals surface area contributed by atoms with Gasteiger partial charge in [0.05, 0.1) is 11.6 Å². The topological polar surface area (TPSA) is 53.0 Å². The first-order valence-electron chi connectivity index (χ1n) is 7.13. The molecule has 0 saturated carbocycles. The maximum absolute atomic E-state index is 8.90. The van der Waals surface area contributed by atoms with Crippen LogP contribution in [0.4, 0.5) is 0 Å². The molecule has 1 aromatic carbocycles. The van der Waals surface area contributed by atoms with E-state index in [0.29, 0.717) is 18.0 Å². The van der Waals surface area contributed by atoms with Gasteiger partial charge in [0.2, 0.25) is 0 Å². The number of hydrogen-bond donors (Lipinski definition) is 1. The van der Waals surface area contributed by atoms with E-state index in [1.54, 1.807) is 0 Å². The quantitative estimate of drug-likeness (QED) is 0.905. The number of hydrogen-bond acceptors (Lipinski definition) is 3. The Balaban J connectivity index is 2.31. The summed E-state index contributed by atoms with van der Waals surface area (Å²) in [6.07, 6.45) is 2.43. The van der Waals surface area contributed by atoms with Gasteiger partial charge in [0.15, 0.2) is 0 Å². The first-order valence-corrected chi connectivity index (χ1v) is 7.13. The monoisotopic (exact) mass is 257 g/mol. The van der Waals surface area contributed by atoms with Crippen molar-refractivity contribution in [1.29, 1.82) is 5.26 Å². The minimum absolute atomic E-state index is 0.395. The third kappa shape index (κ3) is 2.97. The summed E-state index contributed by atoms with van der Waals surface area (Å²) >= 11 is 0. The highest BCUT2D eigenvalue weighted by atomic mass is 15.2. The molecule has 1 saturated heterocycles. The molecule has 1 aliphatic heterocycles. The molecule has 1 aromatic rings. The van der Waals surface area contributed by atoms with E-state index in [1.165, 1.54) is 18.4 Å². The number of nitrogens with zero attached hydrogens (tertiary/aromatic N) is 2. The molecular formula is C16H23N3. The minimum atomic E-state index is 0.395. The molecule has 3 heteroatoms. The summed E-state index contributed by atoms with van der Waals surface area (Å²) in [4.78, 5) is 2.54. The Morgan fingerprint density at radius 3 is 2.58 bits per heavy atom. The van der Waals surface area contributed by atoms with Gasteiger partial charge in [-0.05, 0) is 63.4 Å². The normalized spacial score (nSPS) is 24.4. The molecule has 1 heterocycles. The van der Waals surface area contributed by atoms with Crippen LogP contribution < -0.4 is 5.73 Å². The molecule has 1 aliphatic rings. The SMILES string of the molecule is CC(C)N1CCCC(CN)C1c1ccc(C#N)cc1. The molecule has 2 rings (SSSR count). The summed E-state index contributed by atoms with van der Waals surface area (Å²) < 4.78 is 0. The van der Waals surface area contributed by atoms with Crippen molar-refractivity contribution in [2.75, 3.05) is 13.1 Å². The molecule has 102 valence electrons. The Morgan fingerprint density at radius 2 is 2.05 bits per heavy atom. The van der Waals surface area contributed by atoms with Crippen molar-refractivity contribution in [2.24, 2.45) is 11.7 Å². The molecular weight excluding hydrogens is 234 g/mol. The molecule has 2 atom stereocenters. The predicted octanol–water partition coefficient (Wildman–Crippen LogP) is 2.68. The van der Waals surface area contributed by atoms with E-state index in [4.69, 9.17) is 11.0 Å². The zero-order valence-electron chi connectivity index (χ0n) is 11.8. The number of nitrogens with two attached hydrogens (primary N) is 1. The summed E-state index contributed by atoms with van der Waals surface area (Å²) in [5, 5.41) is 8.90. The van der Waals surface area contributed by atoms with Gasteiger partial charge in [-0.1, -0.05) is 12.1 Å². The first-order chi connectivity index (χ1) is 9.17. The third-order valence-corrected chi connectivity index (χ3v) is 4.14. The molecule has 0 radical (unpaired) electrons. The number of likely N-dealkylation sites (tertiary alicyclic amines) is 1. The Labute approximate surface area is 116 Å². The van der Waals surface area contributed by atoms with Crippen molar-refractivity contribution in [1.82, 2.24) is 4.90 Å². The van der Waals surface area contributed by atoms with E-state index < -0.39 is 0 Å². The molecule has 19 heavy (non-hydrogen) atoms. The van der Waals surface area contributed by atoms with E-state index in [2.05, 4.69) is 36.9 Å². The number of rotatable bonds is 3. The van der Waals surface area contributed by atoms with Gasteiger partial charge < -0.3 is 5.73 Å². The van der Waals surface area contributed by atoms with Gasteiger partial charge in [0, 0.05) is 12.1 Å². The Bertz CT molecular complexity index is 444. The van der Waals surface area contributed by atoms with Crippen molar-refractivity contribution >= 4 is 0 Å². The van der Waals surface area contributed by atoms with Crippen molar-refractivity contribution < 1.29 is 0 Å². The van der Waals surface area contributed by atoms with Crippen LogP contribution in [0.2, 0.25) is 0 Å². The van der Waals surface area contributed by atoms with Crippen LogP contribution >= 0.6 is 0 Å². The van der Waals surface area contributed by atoms with Crippen LogP contribution in [0.1, 0.15) is 43.9 Å². The summed E-state index contributed by atoms with van der Waals surface area (Å²) in [6, 6.07) is 11.1. The number of nitriles is 1. The molecule has 3 nitrogen and oxygen atoms in total. The lowest BCUT2D eigenvalue weighted by molar-refractivity contribution is 0.0665. The lowest BCUT2D eigenvalue weighted by Crippen LogP contribution is -2.44. The molecule has 0 aliphatic carbocycles. The molecule has 0 spiro atoms. The van der Waals surface area contributed by atoms with E-state index in [1.807, 2.05) is 12.1 Å². The van der Waals surface area contributed by atoms with Crippen LogP contribution in [-0.2, 0) is 0 Å². The fourth-order valence-electron chi connectivity index (χ4n) is 3.15. The van der Waals surface area contributed by atoms with Crippen LogP contribution in [0.15, 0.2) is 24.3 Å². The zero-order chi connectivity index (χ0) is 13.8. The van der Waals surface area contributed by atoms with E-state index in [-0.39, 0.29) is 0 Å². The number of piperidine rings is 1. The van der Waals surface area contributed by atoms with Crippen LogP contribution in [0, 0.1) is 17.2 Å². The van der Waals surface area contributed by atoms with E-state index in [9.17, 15) is 0 Å². The van der Waals surface area contributed by atoms with Crippen molar-refractivity contribution in [3.05, 3.63) is 35.4 Å². The van der Waals surface area contributed by atoms with Gasteiger partial charge in [-0.25, -0.2) is 0 Å². The average Bonchev–Trinajstić information content (AvgIpc) is 2.46. The molecule has 1 fully saturated rings. The highest BCUT2D eigenvalue weighted by molar-refractivity contribution is 5.33. The predicted molar refractivity (Wildman–Crippen MR) is 77.5 cm³/mol. The fraction of sp³-hybridized carbons (Fsp3) is 0.562. The molecule has 0 amide bonds. The van der Waals surface area contributed by atoms with Crippen molar-refractivity contribution in [3.63, 3.8) is 0 Å². The smallest absolute Gasteiger partial charge is 0.0991 e. The second-order valence-electron chi connectivity index (χ2n) is 5.65. The van der Waals surface area contributed by atoms with Crippen molar-refractivity contribution in [2.45, 2.75) is 38.8 Å². The zero-order valence-corrected chi connectivity index (χ0v) is 11.8. The second-order valence-corrected chi connectivity index (χ2v) is 5.65. The maximum Gasteiger partial charge on any atom is 0.0991 e. The average molecular weight is 257 g/mol. The van der Waals surface area contributed by atoms with E-state index >= 15 is 0 Å². The van der Waals surface area contributed by atoms with E-state index in [0.717, 1.165) is 18.7 Å². The summed E-state index contributed by atoms with van der Waals surface area (Å²) in [5.41, 5.74) is 7.99. The molecule has 0 aromatic heterocycles. The van der Waals surface area contributed by atoms with Gasteiger partial charge in [-0.3, -0.25) is 4.90 Å². The summed E-state index contributed by atoms with van der Waals surface area (Å²) in [5.74, 6) is 0.518. The van der Waals surface area contributed by atoms with Gasteiger partial charge in [0.25, 0.3) is 0 Å². The second kappa shape index (κ2) is 6.18. The number of benzene rings is 1. The van der Waals surface area contributed by atoms with Gasteiger partial charge >= 0.3 is 0 Å². The lowest BCUT2D eigenvalue weighted by atomic mass is 9.83. The first kappa shape index (κ1) is 14.0. The maximum atomic E-state index is 8.90. The Hall–Kier alpha value is -1.37. The Morgan fingerprint density at radius 1 is 1.37 bits per heavy atom. The highest BCUT2D eigenvalue weighted by Gasteiger charge is 2.32. The van der Waals surface area contributed by atoms with Crippen LogP contribution in [0.5, 0.6) is 0 Å².